The van der Waals surface area contributed by atoms with Crippen molar-refractivity contribution in [2.24, 2.45) is 5.92 Å². The van der Waals surface area contributed by atoms with Gasteiger partial charge in [-0.25, -0.2) is 0 Å². The number of amides is 1. The molecule has 0 spiro atoms. The van der Waals surface area contributed by atoms with Crippen molar-refractivity contribution < 1.29 is 4.79 Å². The molecule has 1 aliphatic carbocycles. The Morgan fingerprint density at radius 2 is 1.60 bits per heavy atom. The van der Waals surface area contributed by atoms with Gasteiger partial charge in [-0.1, -0.05) is 81.6 Å². The van der Waals surface area contributed by atoms with E-state index in [0.717, 1.165) is 38.8 Å². The summed E-state index contributed by atoms with van der Waals surface area (Å²) >= 11 is 0. The average molecular weight is 473 g/mol. The monoisotopic (exact) mass is 472 g/mol. The first kappa shape index (κ1) is 24.6. The van der Waals surface area contributed by atoms with Gasteiger partial charge in [0.1, 0.15) is 0 Å². The molecule has 2 aromatic carbocycles. The third-order valence-corrected chi connectivity index (χ3v) is 9.03. The lowest BCUT2D eigenvalue weighted by Crippen LogP contribution is -2.45. The molecule has 3 heteroatoms. The molecule has 35 heavy (non-hydrogen) atoms. The molecular weight excluding hydrogens is 428 g/mol. The van der Waals surface area contributed by atoms with E-state index >= 15 is 0 Å². The molecule has 0 N–H and O–H groups in total. The lowest BCUT2D eigenvalue weighted by atomic mass is 9.85. The summed E-state index contributed by atoms with van der Waals surface area (Å²) in [7, 11) is 0. The number of rotatable bonds is 6. The first-order chi connectivity index (χ1) is 17.1. The smallest absolute Gasteiger partial charge is 0.226 e. The molecule has 2 aromatic rings. The van der Waals surface area contributed by atoms with E-state index in [-0.39, 0.29) is 12.0 Å². The van der Waals surface area contributed by atoms with Crippen LogP contribution < -0.4 is 0 Å². The Bertz CT molecular complexity index is 967. The summed E-state index contributed by atoms with van der Waals surface area (Å²) in [5, 5.41) is 0. The summed E-state index contributed by atoms with van der Waals surface area (Å²) in [6, 6.07) is 18.5. The van der Waals surface area contributed by atoms with E-state index < -0.39 is 0 Å². The average Bonchev–Trinajstić information content (AvgIpc) is 2.92. The van der Waals surface area contributed by atoms with Crippen LogP contribution in [0.25, 0.3) is 0 Å². The lowest BCUT2D eigenvalue weighted by Gasteiger charge is -2.41. The van der Waals surface area contributed by atoms with Crippen LogP contribution in [0.1, 0.15) is 105 Å². The van der Waals surface area contributed by atoms with Crippen LogP contribution in [0.15, 0.2) is 48.5 Å². The Morgan fingerprint density at radius 3 is 2.31 bits per heavy atom. The molecule has 1 saturated carbocycles. The van der Waals surface area contributed by atoms with Crippen LogP contribution in [0.4, 0.5) is 0 Å². The highest BCUT2D eigenvalue weighted by molar-refractivity contribution is 5.79. The number of hydrogen-bond acceptors (Lipinski definition) is 2. The number of piperidine rings is 1. The molecule has 2 fully saturated rings. The maximum absolute atomic E-state index is 13.6. The molecule has 0 bridgehead atoms. The SMILES string of the molecule is CC(C)c1ccc(C2CCN(CCC3c4ccccc4CCN3C(=O)C3CCCCC3)CC2)cc1. The topological polar surface area (TPSA) is 23.6 Å². The van der Waals surface area contributed by atoms with Crippen LogP contribution in [-0.4, -0.2) is 41.9 Å². The maximum atomic E-state index is 13.6. The molecule has 1 saturated heterocycles. The highest BCUT2D eigenvalue weighted by atomic mass is 16.2. The van der Waals surface area contributed by atoms with E-state index in [1.165, 1.54) is 67.4 Å². The zero-order valence-corrected chi connectivity index (χ0v) is 21.9. The van der Waals surface area contributed by atoms with Crippen molar-refractivity contribution in [1.82, 2.24) is 9.80 Å². The first-order valence-corrected chi connectivity index (χ1v) is 14.3. The van der Waals surface area contributed by atoms with Crippen LogP contribution >= 0.6 is 0 Å². The molecular formula is C32H44N2O. The Hall–Kier alpha value is -2.13. The van der Waals surface area contributed by atoms with Crippen molar-refractivity contribution >= 4 is 5.91 Å². The second-order valence-corrected chi connectivity index (χ2v) is 11.6. The number of nitrogens with zero attached hydrogens (tertiary/aromatic N) is 2. The Morgan fingerprint density at radius 1 is 0.886 bits per heavy atom. The van der Waals surface area contributed by atoms with Gasteiger partial charge in [0.05, 0.1) is 6.04 Å². The van der Waals surface area contributed by atoms with E-state index in [9.17, 15) is 4.79 Å². The molecule has 2 aliphatic heterocycles. The highest BCUT2D eigenvalue weighted by Gasteiger charge is 2.35. The van der Waals surface area contributed by atoms with Gasteiger partial charge in [-0.15, -0.1) is 0 Å². The van der Waals surface area contributed by atoms with Crippen molar-refractivity contribution in [1.29, 1.82) is 0 Å². The van der Waals surface area contributed by atoms with Gasteiger partial charge in [0.2, 0.25) is 5.91 Å². The number of carbonyl (C=O) groups is 1. The molecule has 188 valence electrons. The quantitative estimate of drug-likeness (QED) is 0.448. The fourth-order valence-corrected chi connectivity index (χ4v) is 6.76. The predicted molar refractivity (Wildman–Crippen MR) is 145 cm³/mol. The zero-order valence-electron chi connectivity index (χ0n) is 21.9. The van der Waals surface area contributed by atoms with Gasteiger partial charge in [0, 0.05) is 19.0 Å². The van der Waals surface area contributed by atoms with Crippen LogP contribution in [0.2, 0.25) is 0 Å². The van der Waals surface area contributed by atoms with Crippen molar-refractivity contribution in [2.75, 3.05) is 26.2 Å². The van der Waals surface area contributed by atoms with Crippen molar-refractivity contribution in [2.45, 2.75) is 89.5 Å². The van der Waals surface area contributed by atoms with Gasteiger partial charge < -0.3 is 9.80 Å². The van der Waals surface area contributed by atoms with Crippen LogP contribution in [0, 0.1) is 5.92 Å². The first-order valence-electron chi connectivity index (χ1n) is 14.3. The number of likely N-dealkylation sites (tertiary alicyclic amines) is 1. The van der Waals surface area contributed by atoms with E-state index in [1.807, 2.05) is 0 Å². The second kappa shape index (κ2) is 11.3. The number of hydrogen-bond donors (Lipinski definition) is 0. The molecule has 0 aromatic heterocycles. The van der Waals surface area contributed by atoms with Crippen LogP contribution in [0.3, 0.4) is 0 Å². The van der Waals surface area contributed by atoms with Crippen LogP contribution in [-0.2, 0) is 11.2 Å². The largest absolute Gasteiger partial charge is 0.335 e. The summed E-state index contributed by atoms with van der Waals surface area (Å²) in [5.41, 5.74) is 5.81. The maximum Gasteiger partial charge on any atom is 0.226 e. The fourth-order valence-electron chi connectivity index (χ4n) is 6.76. The van der Waals surface area contributed by atoms with Gasteiger partial charge in [-0.05, 0) is 85.7 Å². The van der Waals surface area contributed by atoms with E-state index in [1.54, 1.807) is 0 Å². The summed E-state index contributed by atoms with van der Waals surface area (Å²) in [5.74, 6) is 1.98. The van der Waals surface area contributed by atoms with Gasteiger partial charge in [-0.3, -0.25) is 4.79 Å². The van der Waals surface area contributed by atoms with E-state index in [2.05, 4.69) is 72.2 Å². The Labute approximate surface area is 212 Å². The molecule has 3 aliphatic rings. The molecule has 1 unspecified atom stereocenters. The molecule has 0 radical (unpaired) electrons. The minimum absolute atomic E-state index is 0.246. The minimum Gasteiger partial charge on any atom is -0.335 e. The van der Waals surface area contributed by atoms with Crippen molar-refractivity contribution in [3.8, 4) is 0 Å². The lowest BCUT2D eigenvalue weighted by molar-refractivity contribution is -0.139. The van der Waals surface area contributed by atoms with Crippen molar-refractivity contribution in [3.05, 3.63) is 70.8 Å². The summed E-state index contributed by atoms with van der Waals surface area (Å²) < 4.78 is 0. The van der Waals surface area contributed by atoms with Gasteiger partial charge in [0.25, 0.3) is 0 Å². The second-order valence-electron chi connectivity index (χ2n) is 11.6. The van der Waals surface area contributed by atoms with Crippen molar-refractivity contribution in [3.63, 3.8) is 0 Å². The third kappa shape index (κ3) is 5.66. The zero-order chi connectivity index (χ0) is 24.2. The van der Waals surface area contributed by atoms with Crippen LogP contribution in [0.5, 0.6) is 0 Å². The van der Waals surface area contributed by atoms with E-state index in [0.29, 0.717) is 17.7 Å². The summed E-state index contributed by atoms with van der Waals surface area (Å²) in [4.78, 5) is 18.5. The van der Waals surface area contributed by atoms with Gasteiger partial charge >= 0.3 is 0 Å². The molecule has 2 heterocycles. The summed E-state index contributed by atoms with van der Waals surface area (Å²) in [6.07, 6.45) is 10.5. The minimum atomic E-state index is 0.246. The third-order valence-electron chi connectivity index (χ3n) is 9.03. The number of carbonyl (C=O) groups excluding carboxylic acids is 1. The Balaban J connectivity index is 1.21. The van der Waals surface area contributed by atoms with Gasteiger partial charge in [-0.2, -0.15) is 0 Å². The molecule has 5 rings (SSSR count). The molecule has 1 amide bonds. The molecule has 1 atom stereocenters. The number of benzene rings is 2. The Kier molecular flexibility index (Phi) is 7.92. The summed E-state index contributed by atoms with van der Waals surface area (Å²) in [6.45, 7) is 8.85. The standard InChI is InChI=1S/C32H44N2O/c1-24(2)25-12-14-26(15-13-25)27-16-20-33(21-17-27)22-19-31-30-11-7-6-8-28(30)18-23-34(31)32(35)29-9-4-3-5-10-29/h6-8,11-15,24,27,29,31H,3-5,9-10,16-23H2,1-2H3. The van der Waals surface area contributed by atoms with E-state index in [4.69, 9.17) is 0 Å². The van der Waals surface area contributed by atoms with Gasteiger partial charge in [0.15, 0.2) is 0 Å². The highest BCUT2D eigenvalue weighted by Crippen LogP contribution is 2.36. The fraction of sp³-hybridized carbons (Fsp3) is 0.594. The number of fused-ring (bicyclic) bond motifs is 1. The normalized spacial score (nSPS) is 22.4. The predicted octanol–water partition coefficient (Wildman–Crippen LogP) is 7.09. The molecule has 3 nitrogen and oxygen atoms in total.